The molecular weight excluding hydrogens is 238 g/mol. The minimum atomic E-state index is -0.718. The molecule has 7 heteroatoms. The summed E-state index contributed by atoms with van der Waals surface area (Å²) in [6.45, 7) is 0.120. The number of methoxy groups -OCH3 is 1. The number of para-hydroxylation sites is 1. The number of ether oxygens (including phenoxy) is 3. The molecule has 0 radical (unpaired) electrons. The van der Waals surface area contributed by atoms with Gasteiger partial charge in [0.25, 0.3) is 0 Å². The maximum Gasteiger partial charge on any atom is 0.340 e. The number of carbonyl (C=O) groups is 1. The van der Waals surface area contributed by atoms with Gasteiger partial charge in [-0.15, -0.1) is 0 Å². The van der Waals surface area contributed by atoms with Crippen molar-refractivity contribution in [3.63, 3.8) is 0 Å². The zero-order valence-corrected chi connectivity index (χ0v) is 9.49. The van der Waals surface area contributed by atoms with Crippen LogP contribution in [-0.2, 0) is 9.53 Å². The Labute approximate surface area is 102 Å². The molecule has 0 spiro atoms. The Morgan fingerprint density at radius 3 is 3.11 bits per heavy atom. The zero-order chi connectivity index (χ0) is 13.0. The average molecular weight is 247 g/mol. The van der Waals surface area contributed by atoms with Crippen molar-refractivity contribution in [2.24, 2.45) is 5.11 Å². The summed E-state index contributed by atoms with van der Waals surface area (Å²) in [6.07, 6.45) is 1.39. The molecule has 0 N–H and O–H groups in total. The number of azide groups is 1. The molecular formula is C11H9N3O4. The molecule has 0 saturated carbocycles. The van der Waals surface area contributed by atoms with E-state index in [1.165, 1.54) is 13.2 Å². The third kappa shape index (κ3) is 2.21. The van der Waals surface area contributed by atoms with Crippen molar-refractivity contribution in [2.45, 2.75) is 0 Å². The lowest BCUT2D eigenvalue weighted by Crippen LogP contribution is -2.02. The van der Waals surface area contributed by atoms with E-state index in [2.05, 4.69) is 14.8 Å². The maximum absolute atomic E-state index is 11.4. The molecule has 1 aromatic rings. The van der Waals surface area contributed by atoms with Crippen molar-refractivity contribution in [3.8, 4) is 11.5 Å². The third-order valence-corrected chi connectivity index (χ3v) is 2.27. The van der Waals surface area contributed by atoms with Gasteiger partial charge in [-0.05, 0) is 17.7 Å². The van der Waals surface area contributed by atoms with Gasteiger partial charge in [0.1, 0.15) is 5.70 Å². The van der Waals surface area contributed by atoms with E-state index in [0.717, 1.165) is 0 Å². The first-order valence-corrected chi connectivity index (χ1v) is 5.00. The highest BCUT2D eigenvalue weighted by Gasteiger charge is 2.17. The van der Waals surface area contributed by atoms with Crippen LogP contribution in [0.4, 0.5) is 0 Å². The molecule has 0 amide bonds. The Kier molecular flexibility index (Phi) is 3.36. The van der Waals surface area contributed by atoms with Gasteiger partial charge in [0.2, 0.25) is 6.79 Å². The number of esters is 1. The Balaban J connectivity index is 2.45. The molecule has 1 aromatic carbocycles. The van der Waals surface area contributed by atoms with Crippen molar-refractivity contribution >= 4 is 12.0 Å². The van der Waals surface area contributed by atoms with Crippen LogP contribution in [0.1, 0.15) is 5.56 Å². The number of carbonyl (C=O) groups excluding carboxylic acids is 1. The first-order valence-electron chi connectivity index (χ1n) is 5.00. The second-order valence-electron chi connectivity index (χ2n) is 3.29. The highest BCUT2D eigenvalue weighted by Crippen LogP contribution is 2.36. The van der Waals surface area contributed by atoms with Crippen LogP contribution in [0.25, 0.3) is 16.5 Å². The van der Waals surface area contributed by atoms with E-state index in [1.54, 1.807) is 18.2 Å². The van der Waals surface area contributed by atoms with Crippen molar-refractivity contribution in [1.29, 1.82) is 0 Å². The van der Waals surface area contributed by atoms with E-state index in [0.29, 0.717) is 17.1 Å². The Morgan fingerprint density at radius 2 is 2.39 bits per heavy atom. The molecule has 1 aliphatic rings. The normalized spacial score (nSPS) is 12.8. The number of rotatable bonds is 3. The lowest BCUT2D eigenvalue weighted by molar-refractivity contribution is -0.136. The van der Waals surface area contributed by atoms with Gasteiger partial charge in [-0.25, -0.2) is 4.79 Å². The SMILES string of the molecule is COC(=O)/C(=C/c1cccc2c1OCO2)N=[N+]=[N-]. The van der Waals surface area contributed by atoms with Crippen LogP contribution in [-0.4, -0.2) is 19.9 Å². The van der Waals surface area contributed by atoms with Gasteiger partial charge in [-0.3, -0.25) is 0 Å². The van der Waals surface area contributed by atoms with Crippen molar-refractivity contribution in [2.75, 3.05) is 13.9 Å². The van der Waals surface area contributed by atoms with Crippen LogP contribution in [0.3, 0.4) is 0 Å². The van der Waals surface area contributed by atoms with E-state index in [-0.39, 0.29) is 12.5 Å². The summed E-state index contributed by atoms with van der Waals surface area (Å²) >= 11 is 0. The minimum absolute atomic E-state index is 0.120. The van der Waals surface area contributed by atoms with Crippen LogP contribution in [0.2, 0.25) is 0 Å². The number of hydrogen-bond donors (Lipinski definition) is 0. The maximum atomic E-state index is 11.4. The monoisotopic (exact) mass is 247 g/mol. The summed E-state index contributed by atoms with van der Waals surface area (Å²) in [5, 5.41) is 3.29. The fraction of sp³-hybridized carbons (Fsp3) is 0.182. The predicted molar refractivity (Wildman–Crippen MR) is 61.7 cm³/mol. The van der Waals surface area contributed by atoms with Crippen molar-refractivity contribution in [3.05, 3.63) is 39.9 Å². The molecule has 7 nitrogen and oxygen atoms in total. The van der Waals surface area contributed by atoms with Gasteiger partial charge in [-0.1, -0.05) is 17.2 Å². The van der Waals surface area contributed by atoms with Gasteiger partial charge in [-0.2, -0.15) is 0 Å². The third-order valence-electron chi connectivity index (χ3n) is 2.27. The van der Waals surface area contributed by atoms with E-state index in [4.69, 9.17) is 15.0 Å². The first kappa shape index (κ1) is 11.8. The lowest BCUT2D eigenvalue weighted by atomic mass is 10.1. The molecule has 2 rings (SSSR count). The Hall–Kier alpha value is -2.66. The van der Waals surface area contributed by atoms with E-state index in [1.807, 2.05) is 0 Å². The smallest absolute Gasteiger partial charge is 0.340 e. The molecule has 18 heavy (non-hydrogen) atoms. The molecule has 1 heterocycles. The van der Waals surface area contributed by atoms with Crippen LogP contribution in [0.5, 0.6) is 11.5 Å². The summed E-state index contributed by atoms with van der Waals surface area (Å²) in [6, 6.07) is 5.19. The first-order chi connectivity index (χ1) is 8.76. The van der Waals surface area contributed by atoms with Crippen LogP contribution >= 0.6 is 0 Å². The molecule has 0 saturated heterocycles. The van der Waals surface area contributed by atoms with Crippen LogP contribution in [0.15, 0.2) is 29.0 Å². The van der Waals surface area contributed by atoms with Gasteiger partial charge in [0.05, 0.1) is 7.11 Å². The standard InChI is InChI=1S/C11H9N3O4/c1-16-11(15)8(13-14-12)5-7-3-2-4-9-10(7)18-6-17-9/h2-5H,6H2,1H3/b8-5-. The van der Waals surface area contributed by atoms with Gasteiger partial charge >= 0.3 is 5.97 Å². The van der Waals surface area contributed by atoms with Crippen LogP contribution < -0.4 is 9.47 Å². The molecule has 0 bridgehead atoms. The topological polar surface area (TPSA) is 93.5 Å². The van der Waals surface area contributed by atoms with Crippen molar-refractivity contribution in [1.82, 2.24) is 0 Å². The Bertz CT molecular complexity index is 561. The predicted octanol–water partition coefficient (Wildman–Crippen LogP) is 2.24. The number of fused-ring (bicyclic) bond motifs is 1. The number of nitrogens with zero attached hydrogens (tertiary/aromatic N) is 3. The van der Waals surface area contributed by atoms with Gasteiger partial charge in [0.15, 0.2) is 11.5 Å². The quantitative estimate of drug-likeness (QED) is 0.269. The highest BCUT2D eigenvalue weighted by atomic mass is 16.7. The van der Waals surface area contributed by atoms with Gasteiger partial charge < -0.3 is 14.2 Å². The fourth-order valence-corrected chi connectivity index (χ4v) is 1.50. The molecule has 0 atom stereocenters. The molecule has 0 unspecified atom stereocenters. The zero-order valence-electron chi connectivity index (χ0n) is 9.49. The summed E-state index contributed by atoms with van der Waals surface area (Å²) < 4.78 is 15.0. The van der Waals surface area contributed by atoms with E-state index < -0.39 is 5.97 Å². The molecule has 0 fully saturated rings. The molecule has 1 aliphatic heterocycles. The number of hydrogen-bond acceptors (Lipinski definition) is 5. The summed E-state index contributed by atoms with van der Waals surface area (Å²) in [4.78, 5) is 14.0. The molecule has 0 aliphatic carbocycles. The molecule has 0 aromatic heterocycles. The second kappa shape index (κ2) is 5.11. The van der Waals surface area contributed by atoms with E-state index in [9.17, 15) is 4.79 Å². The molecule has 92 valence electrons. The summed E-state index contributed by atoms with van der Waals surface area (Å²) in [7, 11) is 1.21. The lowest BCUT2D eigenvalue weighted by Gasteiger charge is -2.02. The average Bonchev–Trinajstić information content (AvgIpc) is 2.86. The number of benzene rings is 1. The Morgan fingerprint density at radius 1 is 1.56 bits per heavy atom. The largest absolute Gasteiger partial charge is 0.466 e. The fourth-order valence-electron chi connectivity index (χ4n) is 1.50. The summed E-state index contributed by atoms with van der Waals surface area (Å²) in [5.41, 5.74) is 8.84. The van der Waals surface area contributed by atoms with Gasteiger partial charge in [0, 0.05) is 10.5 Å². The minimum Gasteiger partial charge on any atom is -0.466 e. The second-order valence-corrected chi connectivity index (χ2v) is 3.29. The van der Waals surface area contributed by atoms with Crippen LogP contribution in [0, 0.1) is 0 Å². The van der Waals surface area contributed by atoms with E-state index >= 15 is 0 Å². The summed E-state index contributed by atoms with van der Waals surface area (Å²) in [5.74, 6) is 0.366. The highest BCUT2D eigenvalue weighted by molar-refractivity contribution is 5.93. The van der Waals surface area contributed by atoms with Crippen molar-refractivity contribution < 1.29 is 19.0 Å².